The molecule has 0 aromatic carbocycles. The minimum Gasteiger partial charge on any atom is -1.00 e. The van der Waals surface area contributed by atoms with Gasteiger partial charge in [-0.2, -0.15) is 4.89 Å². The second-order valence-corrected chi connectivity index (χ2v) is 9.18. The average Bonchev–Trinajstić information content (AvgIpc) is 2.68. The molecule has 0 fully saturated rings. The molecule has 0 heterocycles. The fourth-order valence-electron chi connectivity index (χ4n) is 3.34. The third kappa shape index (κ3) is 27.1. The van der Waals surface area contributed by atoms with Gasteiger partial charge < -0.3 is 16.0 Å². The normalized spacial score (nSPS) is 12.7. The summed E-state index contributed by atoms with van der Waals surface area (Å²) in [5.74, 6) is 0. The van der Waals surface area contributed by atoms with Gasteiger partial charge in [-0.1, -0.05) is 110 Å². The van der Waals surface area contributed by atoms with Gasteiger partial charge in [-0.3, -0.25) is 0 Å². The first kappa shape index (κ1) is 33.2. The van der Waals surface area contributed by atoms with Gasteiger partial charge in [0.05, 0.1) is 0 Å². The molecule has 178 valence electrons. The van der Waals surface area contributed by atoms with E-state index in [9.17, 15) is 4.57 Å². The molecule has 1 atom stereocenters. The number of hydrogen-bond donors (Lipinski definition) is 2. The van der Waals surface area contributed by atoms with Crippen LogP contribution in [0.3, 0.4) is 0 Å². The molecule has 0 aromatic rings. The average molecular weight is 463 g/mol. The molecule has 0 spiro atoms. The Morgan fingerprint density at radius 3 is 1.53 bits per heavy atom. The summed E-state index contributed by atoms with van der Waals surface area (Å²) in [6.45, 7) is 4.92. The number of rotatable bonds is 23. The molecule has 30 heavy (non-hydrogen) atoms. The summed E-state index contributed by atoms with van der Waals surface area (Å²) in [4.78, 5) is 22.4. The van der Waals surface area contributed by atoms with E-state index in [0.717, 1.165) is 38.5 Å². The maximum Gasteiger partial charge on any atom is 1.00 e. The maximum absolute atomic E-state index is 10.8. The van der Waals surface area contributed by atoms with Crippen molar-refractivity contribution < 1.29 is 59.6 Å². The molecule has 0 aromatic heterocycles. The van der Waals surface area contributed by atoms with Gasteiger partial charge in [0.1, 0.15) is 0 Å². The van der Waals surface area contributed by atoms with Crippen LogP contribution in [-0.2, 0) is 18.9 Å². The molecule has 0 bridgehead atoms. The Morgan fingerprint density at radius 1 is 0.700 bits per heavy atom. The quantitative estimate of drug-likeness (QED) is 0.0579. The Balaban J connectivity index is -0.00000392. The van der Waals surface area contributed by atoms with Crippen LogP contribution >= 0.6 is 7.82 Å². The number of unbranched alkanes of at least 4 members (excludes halogenated alkanes) is 15. The van der Waals surface area contributed by atoms with E-state index in [1.54, 1.807) is 0 Å². The van der Waals surface area contributed by atoms with Gasteiger partial charge in [0.2, 0.25) is 0 Å². The fraction of sp³-hybridized carbons (Fsp3) is 1.00. The van der Waals surface area contributed by atoms with Crippen molar-refractivity contribution in [3.63, 3.8) is 0 Å². The minimum absolute atomic E-state index is 0. The zero-order valence-electron chi connectivity index (χ0n) is 21.0. The van der Waals surface area contributed by atoms with Crippen molar-refractivity contribution in [1.82, 2.24) is 0 Å². The predicted octanol–water partition coefficient (Wildman–Crippen LogP) is 4.55. The Labute approximate surface area is 209 Å². The van der Waals surface area contributed by atoms with E-state index in [2.05, 4.69) is 18.5 Å². The van der Waals surface area contributed by atoms with E-state index in [4.69, 9.17) is 19.4 Å². The minimum atomic E-state index is -4.64. The summed E-state index contributed by atoms with van der Waals surface area (Å²) in [6.07, 6.45) is 20.8. The molecular weight excluding hydrogens is 414 g/mol. The van der Waals surface area contributed by atoms with Crippen molar-refractivity contribution >= 4 is 7.82 Å². The standard InChI is InChI=1S/C22H47O6P.Na.H/c1-3-5-7-9-10-11-12-13-14-15-16-17-18-20-22(27-28-29(23,24)25)26-21-19-8-6-4-2;;/h22H,3-21H2,1-2H3,(H2,23,24,25);;/q;+1;-1. The summed E-state index contributed by atoms with van der Waals surface area (Å²) >= 11 is 0. The van der Waals surface area contributed by atoms with E-state index in [1.165, 1.54) is 70.6 Å². The Hall–Kier alpha value is 1.03. The van der Waals surface area contributed by atoms with Crippen LogP contribution in [0.1, 0.15) is 131 Å². The molecule has 0 aliphatic carbocycles. The summed E-state index contributed by atoms with van der Waals surface area (Å²) in [5, 5.41) is 0. The van der Waals surface area contributed by atoms with Crippen LogP contribution in [0.5, 0.6) is 0 Å². The van der Waals surface area contributed by atoms with Gasteiger partial charge in [-0.25, -0.2) is 4.57 Å². The molecule has 0 rings (SSSR count). The van der Waals surface area contributed by atoms with Crippen molar-refractivity contribution in [3.8, 4) is 0 Å². The number of phosphoric acid groups is 1. The molecule has 0 aliphatic heterocycles. The third-order valence-electron chi connectivity index (χ3n) is 5.09. The van der Waals surface area contributed by atoms with E-state index in [1.807, 2.05) is 0 Å². The van der Waals surface area contributed by atoms with Gasteiger partial charge in [-0.15, -0.1) is 4.67 Å². The zero-order chi connectivity index (χ0) is 21.6. The molecule has 0 saturated carbocycles. The molecule has 8 heteroatoms. The summed E-state index contributed by atoms with van der Waals surface area (Å²) in [6, 6.07) is 0. The van der Waals surface area contributed by atoms with Crippen LogP contribution in [0.25, 0.3) is 0 Å². The first-order valence-electron chi connectivity index (χ1n) is 12.0. The predicted molar refractivity (Wildman–Crippen MR) is 120 cm³/mol. The van der Waals surface area contributed by atoms with Crippen molar-refractivity contribution in [1.29, 1.82) is 0 Å². The van der Waals surface area contributed by atoms with Crippen molar-refractivity contribution in [2.45, 2.75) is 136 Å². The third-order valence-corrected chi connectivity index (χ3v) is 5.37. The molecule has 1 unspecified atom stereocenters. The molecule has 0 amide bonds. The fourth-order valence-corrected chi connectivity index (χ4v) is 3.54. The molecule has 2 N–H and O–H groups in total. The zero-order valence-corrected chi connectivity index (χ0v) is 22.9. The number of ether oxygens (including phenoxy) is 1. The first-order chi connectivity index (χ1) is 14.0. The number of hydrogen-bond acceptors (Lipinski definition) is 4. The van der Waals surface area contributed by atoms with Crippen LogP contribution in [0.2, 0.25) is 0 Å². The monoisotopic (exact) mass is 462 g/mol. The van der Waals surface area contributed by atoms with Crippen molar-refractivity contribution in [3.05, 3.63) is 0 Å². The molecule has 0 radical (unpaired) electrons. The Kier molecular flexibility index (Phi) is 27.3. The SMILES string of the molecule is CCCCCCCCCCCCCCCC(OCCCCCC)OOP(=O)(O)O.[H-].[Na+]. The molecule has 6 nitrogen and oxygen atoms in total. The first-order valence-corrected chi connectivity index (χ1v) is 13.5. The smallest absolute Gasteiger partial charge is 1.00 e. The second-order valence-electron chi connectivity index (χ2n) is 8.05. The van der Waals surface area contributed by atoms with Gasteiger partial charge in [-0.05, 0) is 12.8 Å². The van der Waals surface area contributed by atoms with Crippen LogP contribution in [0.15, 0.2) is 0 Å². The van der Waals surface area contributed by atoms with Crippen molar-refractivity contribution in [2.24, 2.45) is 0 Å². The molecule has 0 aliphatic rings. The van der Waals surface area contributed by atoms with E-state index in [0.29, 0.717) is 13.0 Å². The van der Waals surface area contributed by atoms with Gasteiger partial charge in [0.15, 0.2) is 6.29 Å². The van der Waals surface area contributed by atoms with E-state index < -0.39 is 14.1 Å². The Morgan fingerprint density at radius 2 is 1.10 bits per heavy atom. The molecule has 0 saturated heterocycles. The van der Waals surface area contributed by atoms with Crippen LogP contribution in [0, 0.1) is 0 Å². The van der Waals surface area contributed by atoms with Gasteiger partial charge >= 0.3 is 37.4 Å². The molecular formula is C22H48NaO6P. The van der Waals surface area contributed by atoms with Crippen LogP contribution < -0.4 is 29.6 Å². The van der Waals surface area contributed by atoms with E-state index >= 15 is 0 Å². The van der Waals surface area contributed by atoms with Crippen molar-refractivity contribution in [2.75, 3.05) is 6.61 Å². The summed E-state index contributed by atoms with van der Waals surface area (Å²) in [5.41, 5.74) is 0. The van der Waals surface area contributed by atoms with Gasteiger partial charge in [0.25, 0.3) is 0 Å². The summed E-state index contributed by atoms with van der Waals surface area (Å²) in [7, 11) is -4.64. The largest absolute Gasteiger partial charge is 1.00 e. The van der Waals surface area contributed by atoms with E-state index in [-0.39, 0.29) is 31.0 Å². The Bertz CT molecular complexity index is 387. The van der Waals surface area contributed by atoms with Crippen LogP contribution in [0.4, 0.5) is 0 Å². The van der Waals surface area contributed by atoms with Gasteiger partial charge in [0, 0.05) is 13.0 Å². The topological polar surface area (TPSA) is 85.2 Å². The maximum atomic E-state index is 10.8. The summed E-state index contributed by atoms with van der Waals surface area (Å²) < 4.78 is 20.6. The second kappa shape index (κ2) is 24.7. The van der Waals surface area contributed by atoms with Crippen LogP contribution in [-0.4, -0.2) is 22.7 Å².